The highest BCUT2D eigenvalue weighted by Gasteiger charge is 2.30. The Kier molecular flexibility index (Phi) is 5.45. The molecule has 0 aliphatic heterocycles. The topological polar surface area (TPSA) is 30.5 Å². The molecule has 102 valence electrons. The lowest BCUT2D eigenvalue weighted by molar-refractivity contribution is -0.0107. The van der Waals surface area contributed by atoms with Gasteiger partial charge >= 0.3 is 0 Å². The van der Waals surface area contributed by atoms with Gasteiger partial charge in [0.1, 0.15) is 5.75 Å². The van der Waals surface area contributed by atoms with Gasteiger partial charge in [-0.15, -0.1) is 0 Å². The first kappa shape index (κ1) is 15.3. The molecule has 0 spiro atoms. The standard InChI is InChI=1S/C14H22ClNO2/c1-6-16-13(14(2,3)18-5)10-7-8-11(15)12(9-10)17-4/h7-9,13,16H,6H2,1-5H3. The smallest absolute Gasteiger partial charge is 0.137 e. The van der Waals surface area contributed by atoms with Crippen molar-refractivity contribution in [1.29, 1.82) is 0 Å². The van der Waals surface area contributed by atoms with E-state index in [1.807, 2.05) is 18.2 Å². The minimum absolute atomic E-state index is 0.0821. The lowest BCUT2D eigenvalue weighted by atomic mass is 9.91. The van der Waals surface area contributed by atoms with Crippen LogP contribution in [0.2, 0.25) is 5.02 Å². The van der Waals surface area contributed by atoms with E-state index in [-0.39, 0.29) is 11.6 Å². The summed E-state index contributed by atoms with van der Waals surface area (Å²) in [4.78, 5) is 0. The highest BCUT2D eigenvalue weighted by molar-refractivity contribution is 6.32. The molecule has 1 atom stereocenters. The van der Waals surface area contributed by atoms with Crippen LogP contribution in [-0.2, 0) is 4.74 Å². The van der Waals surface area contributed by atoms with Gasteiger partial charge in [-0.3, -0.25) is 0 Å². The van der Waals surface area contributed by atoms with E-state index in [4.69, 9.17) is 21.1 Å². The fraction of sp³-hybridized carbons (Fsp3) is 0.571. The van der Waals surface area contributed by atoms with Gasteiger partial charge in [0.2, 0.25) is 0 Å². The third kappa shape index (κ3) is 3.37. The molecule has 0 aromatic heterocycles. The van der Waals surface area contributed by atoms with E-state index in [0.717, 1.165) is 12.1 Å². The van der Waals surface area contributed by atoms with Crippen LogP contribution in [0.1, 0.15) is 32.4 Å². The number of halogens is 1. The summed E-state index contributed by atoms with van der Waals surface area (Å²) in [6.45, 7) is 7.05. The van der Waals surface area contributed by atoms with Crippen molar-refractivity contribution in [1.82, 2.24) is 5.32 Å². The van der Waals surface area contributed by atoms with Gasteiger partial charge in [0.15, 0.2) is 0 Å². The Labute approximate surface area is 114 Å². The Balaban J connectivity index is 3.13. The summed E-state index contributed by atoms with van der Waals surface area (Å²) in [5.74, 6) is 0.684. The first-order valence-electron chi connectivity index (χ1n) is 6.08. The molecule has 3 nitrogen and oxygen atoms in total. The van der Waals surface area contributed by atoms with Crippen molar-refractivity contribution in [3.63, 3.8) is 0 Å². The van der Waals surface area contributed by atoms with Crippen LogP contribution in [0.25, 0.3) is 0 Å². The molecular formula is C14H22ClNO2. The molecule has 0 heterocycles. The largest absolute Gasteiger partial charge is 0.495 e. The van der Waals surface area contributed by atoms with E-state index in [2.05, 4.69) is 26.1 Å². The number of hydrogen-bond acceptors (Lipinski definition) is 3. The minimum atomic E-state index is -0.311. The monoisotopic (exact) mass is 271 g/mol. The predicted octanol–water partition coefficient (Wildman–Crippen LogP) is 3.42. The van der Waals surface area contributed by atoms with Gasteiger partial charge in [-0.25, -0.2) is 0 Å². The number of rotatable bonds is 6. The number of ether oxygens (including phenoxy) is 2. The molecule has 0 aliphatic carbocycles. The fourth-order valence-electron chi connectivity index (χ4n) is 1.94. The van der Waals surface area contributed by atoms with Crippen LogP contribution in [0.4, 0.5) is 0 Å². The summed E-state index contributed by atoms with van der Waals surface area (Å²) in [5, 5.41) is 4.05. The van der Waals surface area contributed by atoms with Crippen LogP contribution >= 0.6 is 11.6 Å². The summed E-state index contributed by atoms with van der Waals surface area (Å²) in [7, 11) is 3.34. The van der Waals surface area contributed by atoms with Gasteiger partial charge in [-0.2, -0.15) is 0 Å². The molecule has 0 amide bonds. The van der Waals surface area contributed by atoms with Crippen molar-refractivity contribution in [3.05, 3.63) is 28.8 Å². The van der Waals surface area contributed by atoms with Gasteiger partial charge in [0.25, 0.3) is 0 Å². The Morgan fingerprint density at radius 2 is 2.00 bits per heavy atom. The van der Waals surface area contributed by atoms with E-state index < -0.39 is 0 Å². The van der Waals surface area contributed by atoms with Crippen LogP contribution < -0.4 is 10.1 Å². The van der Waals surface area contributed by atoms with Gasteiger partial charge in [-0.05, 0) is 38.1 Å². The number of likely N-dealkylation sites (N-methyl/N-ethyl adjacent to an activating group) is 1. The van der Waals surface area contributed by atoms with Gasteiger partial charge in [0, 0.05) is 7.11 Å². The molecule has 1 rings (SSSR count). The highest BCUT2D eigenvalue weighted by Crippen LogP contribution is 2.33. The second-order valence-corrected chi connectivity index (χ2v) is 5.10. The second-order valence-electron chi connectivity index (χ2n) is 4.69. The maximum Gasteiger partial charge on any atom is 0.137 e. The van der Waals surface area contributed by atoms with Crippen molar-refractivity contribution >= 4 is 11.6 Å². The van der Waals surface area contributed by atoms with Crippen LogP contribution in [0.5, 0.6) is 5.75 Å². The van der Waals surface area contributed by atoms with E-state index >= 15 is 0 Å². The Hall–Kier alpha value is -0.770. The molecule has 0 fully saturated rings. The maximum atomic E-state index is 6.05. The van der Waals surface area contributed by atoms with Crippen molar-refractivity contribution in [2.24, 2.45) is 0 Å². The minimum Gasteiger partial charge on any atom is -0.495 e. The Bertz CT molecular complexity index is 393. The summed E-state index contributed by atoms with van der Waals surface area (Å²) < 4.78 is 10.8. The molecule has 0 aliphatic rings. The summed E-state index contributed by atoms with van der Waals surface area (Å²) in [5.41, 5.74) is 0.791. The van der Waals surface area contributed by atoms with Gasteiger partial charge < -0.3 is 14.8 Å². The average molecular weight is 272 g/mol. The average Bonchev–Trinajstić information content (AvgIpc) is 2.36. The van der Waals surface area contributed by atoms with Crippen molar-refractivity contribution in [2.75, 3.05) is 20.8 Å². The fourth-order valence-corrected chi connectivity index (χ4v) is 2.14. The summed E-state index contributed by atoms with van der Waals surface area (Å²) in [6, 6.07) is 5.89. The molecule has 0 saturated heterocycles. The number of methoxy groups -OCH3 is 2. The zero-order valence-corrected chi connectivity index (χ0v) is 12.5. The highest BCUT2D eigenvalue weighted by atomic mass is 35.5. The zero-order valence-electron chi connectivity index (χ0n) is 11.7. The summed E-state index contributed by atoms with van der Waals surface area (Å²) in [6.07, 6.45) is 0. The second kappa shape index (κ2) is 6.41. The molecule has 1 unspecified atom stereocenters. The number of benzene rings is 1. The van der Waals surface area contributed by atoms with E-state index in [0.29, 0.717) is 10.8 Å². The molecule has 1 N–H and O–H groups in total. The molecule has 4 heteroatoms. The van der Waals surface area contributed by atoms with Crippen LogP contribution in [-0.4, -0.2) is 26.4 Å². The van der Waals surface area contributed by atoms with E-state index in [1.54, 1.807) is 14.2 Å². The third-order valence-electron chi connectivity index (χ3n) is 3.14. The van der Waals surface area contributed by atoms with Crippen molar-refractivity contribution < 1.29 is 9.47 Å². The van der Waals surface area contributed by atoms with Crippen molar-refractivity contribution in [2.45, 2.75) is 32.4 Å². The van der Waals surface area contributed by atoms with Crippen LogP contribution in [0.15, 0.2) is 18.2 Å². The summed E-state index contributed by atoms with van der Waals surface area (Å²) >= 11 is 6.05. The molecule has 0 radical (unpaired) electrons. The maximum absolute atomic E-state index is 6.05. The Morgan fingerprint density at radius 3 is 2.50 bits per heavy atom. The lowest BCUT2D eigenvalue weighted by Gasteiger charge is -2.34. The first-order valence-corrected chi connectivity index (χ1v) is 6.46. The van der Waals surface area contributed by atoms with Crippen LogP contribution in [0.3, 0.4) is 0 Å². The van der Waals surface area contributed by atoms with Crippen molar-refractivity contribution in [3.8, 4) is 5.75 Å². The normalized spacial score (nSPS) is 13.4. The molecule has 1 aromatic rings. The quantitative estimate of drug-likeness (QED) is 0.860. The molecule has 1 aromatic carbocycles. The van der Waals surface area contributed by atoms with Gasteiger partial charge in [0.05, 0.1) is 23.8 Å². The van der Waals surface area contributed by atoms with Gasteiger partial charge in [-0.1, -0.05) is 24.6 Å². The number of hydrogen-bond donors (Lipinski definition) is 1. The first-order chi connectivity index (χ1) is 8.46. The molecule has 0 bridgehead atoms. The molecular weight excluding hydrogens is 250 g/mol. The van der Waals surface area contributed by atoms with E-state index in [9.17, 15) is 0 Å². The van der Waals surface area contributed by atoms with Crippen LogP contribution in [0, 0.1) is 0 Å². The third-order valence-corrected chi connectivity index (χ3v) is 3.45. The van der Waals surface area contributed by atoms with E-state index in [1.165, 1.54) is 0 Å². The Morgan fingerprint density at radius 1 is 1.33 bits per heavy atom. The SMILES string of the molecule is CCNC(c1ccc(Cl)c(OC)c1)C(C)(C)OC. The molecule has 0 saturated carbocycles. The lowest BCUT2D eigenvalue weighted by Crippen LogP contribution is -2.40. The zero-order chi connectivity index (χ0) is 13.8. The predicted molar refractivity (Wildman–Crippen MR) is 75.5 cm³/mol. The molecule has 18 heavy (non-hydrogen) atoms. The number of nitrogens with one attached hydrogen (secondary N) is 1.